The maximum Gasteiger partial charge on any atom is 0.255 e. The molecule has 1 heterocycles. The molecule has 8 heteroatoms. The second-order valence-electron chi connectivity index (χ2n) is 7.04. The van der Waals surface area contributed by atoms with Crippen molar-refractivity contribution in [1.29, 1.82) is 0 Å². The Kier molecular flexibility index (Phi) is 6.12. The SMILES string of the molecule is Cc1ccc(OC2CCN(C(=O)c3cc(S(N)(=O)=O)ccc3Br)CC2)cc1C. The van der Waals surface area contributed by atoms with Crippen molar-refractivity contribution < 1.29 is 17.9 Å². The van der Waals surface area contributed by atoms with Crippen LogP contribution in [0, 0.1) is 13.8 Å². The van der Waals surface area contributed by atoms with Crippen molar-refractivity contribution in [2.45, 2.75) is 37.7 Å². The van der Waals surface area contributed by atoms with Gasteiger partial charge in [-0.05, 0) is 71.2 Å². The van der Waals surface area contributed by atoms with Crippen LogP contribution < -0.4 is 9.88 Å². The Morgan fingerprint density at radius 2 is 1.79 bits per heavy atom. The van der Waals surface area contributed by atoms with Gasteiger partial charge in [0.1, 0.15) is 11.9 Å². The van der Waals surface area contributed by atoms with E-state index in [1.807, 2.05) is 18.2 Å². The molecule has 0 radical (unpaired) electrons. The van der Waals surface area contributed by atoms with Crippen LogP contribution in [0.2, 0.25) is 0 Å². The zero-order valence-corrected chi connectivity index (χ0v) is 18.2. The van der Waals surface area contributed by atoms with Crippen molar-refractivity contribution in [2.75, 3.05) is 13.1 Å². The van der Waals surface area contributed by atoms with Crippen LogP contribution in [0.4, 0.5) is 0 Å². The summed E-state index contributed by atoms with van der Waals surface area (Å²) in [7, 11) is -3.87. The number of carbonyl (C=O) groups excluding carboxylic acids is 1. The lowest BCUT2D eigenvalue weighted by molar-refractivity contribution is 0.0594. The number of aryl methyl sites for hydroxylation is 2. The summed E-state index contributed by atoms with van der Waals surface area (Å²) in [6.07, 6.45) is 1.47. The van der Waals surface area contributed by atoms with E-state index in [1.165, 1.54) is 29.3 Å². The fourth-order valence-electron chi connectivity index (χ4n) is 3.17. The fourth-order valence-corrected chi connectivity index (χ4v) is 4.13. The van der Waals surface area contributed by atoms with Gasteiger partial charge in [0, 0.05) is 30.4 Å². The summed E-state index contributed by atoms with van der Waals surface area (Å²) in [6, 6.07) is 10.3. The smallest absolute Gasteiger partial charge is 0.255 e. The number of sulfonamides is 1. The Morgan fingerprint density at radius 3 is 2.39 bits per heavy atom. The number of carbonyl (C=O) groups is 1. The van der Waals surface area contributed by atoms with E-state index >= 15 is 0 Å². The number of piperidine rings is 1. The quantitative estimate of drug-likeness (QED) is 0.747. The summed E-state index contributed by atoms with van der Waals surface area (Å²) < 4.78 is 29.8. The minimum Gasteiger partial charge on any atom is -0.490 e. The van der Waals surface area contributed by atoms with Gasteiger partial charge < -0.3 is 9.64 Å². The Hall–Kier alpha value is -1.90. The molecular weight excluding hydrogens is 444 g/mol. The summed E-state index contributed by atoms with van der Waals surface area (Å²) in [5, 5.41) is 5.18. The number of primary sulfonamides is 1. The molecule has 1 fully saturated rings. The Balaban J connectivity index is 1.66. The van der Waals surface area contributed by atoms with Gasteiger partial charge in [0.15, 0.2) is 0 Å². The highest BCUT2D eigenvalue weighted by Gasteiger charge is 2.26. The van der Waals surface area contributed by atoms with Gasteiger partial charge in [-0.25, -0.2) is 13.6 Å². The molecule has 150 valence electrons. The molecule has 6 nitrogen and oxygen atoms in total. The largest absolute Gasteiger partial charge is 0.490 e. The van der Waals surface area contributed by atoms with Crippen molar-refractivity contribution in [1.82, 2.24) is 4.90 Å². The number of ether oxygens (including phenoxy) is 1. The average Bonchev–Trinajstić information content (AvgIpc) is 2.64. The van der Waals surface area contributed by atoms with Crippen LogP contribution in [0.15, 0.2) is 45.8 Å². The molecule has 3 rings (SSSR count). The highest BCUT2D eigenvalue weighted by atomic mass is 79.9. The molecule has 1 saturated heterocycles. The molecule has 0 saturated carbocycles. The molecule has 28 heavy (non-hydrogen) atoms. The molecule has 0 bridgehead atoms. The molecule has 0 aliphatic carbocycles. The molecule has 0 atom stereocenters. The first-order chi connectivity index (χ1) is 13.1. The van der Waals surface area contributed by atoms with Gasteiger partial charge in [-0.2, -0.15) is 0 Å². The van der Waals surface area contributed by atoms with E-state index in [2.05, 4.69) is 29.8 Å². The first kappa shape index (κ1) is 20.8. The number of rotatable bonds is 4. The summed E-state index contributed by atoms with van der Waals surface area (Å²) in [5.41, 5.74) is 2.70. The third-order valence-corrected chi connectivity index (χ3v) is 6.61. The van der Waals surface area contributed by atoms with E-state index in [4.69, 9.17) is 9.88 Å². The number of nitrogens with zero attached hydrogens (tertiary/aromatic N) is 1. The monoisotopic (exact) mass is 466 g/mol. The molecular formula is C20H23BrN2O4S. The van der Waals surface area contributed by atoms with Crippen LogP contribution in [0.3, 0.4) is 0 Å². The summed E-state index contributed by atoms with van der Waals surface area (Å²) in [4.78, 5) is 14.5. The van der Waals surface area contributed by atoms with Crippen LogP contribution in [-0.4, -0.2) is 38.4 Å². The van der Waals surface area contributed by atoms with Crippen molar-refractivity contribution in [3.63, 3.8) is 0 Å². The molecule has 0 spiro atoms. The van der Waals surface area contributed by atoms with Crippen molar-refractivity contribution >= 4 is 31.9 Å². The number of hydrogen-bond donors (Lipinski definition) is 1. The van der Waals surface area contributed by atoms with E-state index in [0.717, 1.165) is 5.75 Å². The molecule has 2 aromatic rings. The summed E-state index contributed by atoms with van der Waals surface area (Å²) in [5.74, 6) is 0.624. The number of hydrogen-bond acceptors (Lipinski definition) is 4. The van der Waals surface area contributed by atoms with Crippen molar-refractivity contribution in [2.24, 2.45) is 5.14 Å². The predicted molar refractivity (Wildman–Crippen MR) is 111 cm³/mol. The van der Waals surface area contributed by atoms with Gasteiger partial charge in [0.25, 0.3) is 5.91 Å². The Bertz CT molecular complexity index is 999. The van der Waals surface area contributed by atoms with E-state index < -0.39 is 10.0 Å². The second kappa shape index (κ2) is 8.23. The van der Waals surface area contributed by atoms with Gasteiger partial charge in [0.05, 0.1) is 10.5 Å². The maximum absolute atomic E-state index is 12.9. The van der Waals surface area contributed by atoms with Crippen LogP contribution in [0.5, 0.6) is 5.75 Å². The average molecular weight is 467 g/mol. The number of nitrogens with two attached hydrogens (primary N) is 1. The van der Waals surface area contributed by atoms with Gasteiger partial charge >= 0.3 is 0 Å². The van der Waals surface area contributed by atoms with Crippen LogP contribution in [-0.2, 0) is 10.0 Å². The van der Waals surface area contributed by atoms with Crippen molar-refractivity contribution in [3.8, 4) is 5.75 Å². The second-order valence-corrected chi connectivity index (χ2v) is 9.46. The highest BCUT2D eigenvalue weighted by Crippen LogP contribution is 2.25. The summed E-state index contributed by atoms with van der Waals surface area (Å²) in [6.45, 7) is 5.20. The Morgan fingerprint density at radius 1 is 1.11 bits per heavy atom. The third kappa shape index (κ3) is 4.74. The van der Waals surface area contributed by atoms with Crippen molar-refractivity contribution in [3.05, 3.63) is 57.6 Å². The molecule has 0 aromatic heterocycles. The predicted octanol–water partition coefficient (Wildman–Crippen LogP) is 3.40. The van der Waals surface area contributed by atoms with Gasteiger partial charge in [-0.15, -0.1) is 0 Å². The topological polar surface area (TPSA) is 89.7 Å². The van der Waals surface area contributed by atoms with Crippen LogP contribution in [0.1, 0.15) is 34.3 Å². The fraction of sp³-hybridized carbons (Fsp3) is 0.350. The number of halogens is 1. The summed E-state index contributed by atoms with van der Waals surface area (Å²) >= 11 is 3.33. The Labute approximate surface area is 173 Å². The zero-order chi connectivity index (χ0) is 20.5. The normalized spacial score (nSPS) is 15.5. The highest BCUT2D eigenvalue weighted by molar-refractivity contribution is 9.10. The van der Waals surface area contributed by atoms with E-state index in [-0.39, 0.29) is 16.9 Å². The molecule has 0 unspecified atom stereocenters. The first-order valence-electron chi connectivity index (χ1n) is 9.00. The number of benzene rings is 2. The molecule has 1 amide bonds. The molecule has 2 aromatic carbocycles. The standard InChI is InChI=1S/C20H23BrN2O4S/c1-13-3-4-16(11-14(13)2)27-15-7-9-23(10-8-15)20(24)18-12-17(28(22,25)26)5-6-19(18)21/h3-6,11-12,15H,7-10H2,1-2H3,(H2,22,25,26). The van der Waals surface area contributed by atoms with Gasteiger partial charge in [-0.3, -0.25) is 4.79 Å². The zero-order valence-electron chi connectivity index (χ0n) is 15.8. The van der Waals surface area contributed by atoms with E-state index in [0.29, 0.717) is 36.0 Å². The first-order valence-corrected chi connectivity index (χ1v) is 11.3. The number of likely N-dealkylation sites (tertiary alicyclic amines) is 1. The third-order valence-electron chi connectivity index (χ3n) is 5.01. The van der Waals surface area contributed by atoms with Crippen LogP contribution >= 0.6 is 15.9 Å². The van der Waals surface area contributed by atoms with Gasteiger partial charge in [-0.1, -0.05) is 6.07 Å². The van der Waals surface area contributed by atoms with Gasteiger partial charge in [0.2, 0.25) is 10.0 Å². The van der Waals surface area contributed by atoms with E-state index in [1.54, 1.807) is 4.90 Å². The molecule has 1 aliphatic heterocycles. The maximum atomic E-state index is 12.9. The lowest BCUT2D eigenvalue weighted by Crippen LogP contribution is -2.42. The minimum absolute atomic E-state index is 0.0466. The lowest BCUT2D eigenvalue weighted by atomic mass is 10.1. The molecule has 2 N–H and O–H groups in total. The van der Waals surface area contributed by atoms with Crippen LogP contribution in [0.25, 0.3) is 0 Å². The number of amides is 1. The minimum atomic E-state index is -3.87. The molecule has 1 aliphatic rings. The lowest BCUT2D eigenvalue weighted by Gasteiger charge is -2.32. The van der Waals surface area contributed by atoms with E-state index in [9.17, 15) is 13.2 Å².